The largest absolute Gasteiger partial charge is 0.472 e. The van der Waals surface area contributed by atoms with Gasteiger partial charge in [-0.05, 0) is 18.6 Å². The molecule has 2 atom stereocenters. The van der Waals surface area contributed by atoms with Crippen LogP contribution in [0.25, 0.3) is 0 Å². The van der Waals surface area contributed by atoms with Crippen molar-refractivity contribution in [1.82, 2.24) is 0 Å². The summed E-state index contributed by atoms with van der Waals surface area (Å²) in [6.07, 6.45) is 3.44. The van der Waals surface area contributed by atoms with Crippen molar-refractivity contribution >= 4 is 5.97 Å². The van der Waals surface area contributed by atoms with Gasteiger partial charge in [0.05, 0.1) is 26.1 Å². The van der Waals surface area contributed by atoms with Crippen LogP contribution in [0.5, 0.6) is 0 Å². The second-order valence-corrected chi connectivity index (χ2v) is 3.97. The van der Waals surface area contributed by atoms with Crippen LogP contribution < -0.4 is 5.73 Å². The van der Waals surface area contributed by atoms with E-state index in [4.69, 9.17) is 10.2 Å². The highest BCUT2D eigenvalue weighted by molar-refractivity contribution is 5.71. The molecule has 0 aliphatic carbocycles. The number of carbonyl (C=O) groups excluding carboxylic acids is 1. The van der Waals surface area contributed by atoms with Crippen LogP contribution in [-0.2, 0) is 14.9 Å². The predicted octanol–water partition coefficient (Wildman–Crippen LogP) is 1.45. The Bertz CT molecular complexity index is 319. The SMILES string of the molecule is COC(=O)CC(C)(c1ccoc1)C(C)N. The third-order valence-electron chi connectivity index (χ3n) is 2.92. The van der Waals surface area contributed by atoms with Gasteiger partial charge in [0.15, 0.2) is 0 Å². The molecule has 0 saturated heterocycles. The highest BCUT2D eigenvalue weighted by Crippen LogP contribution is 2.31. The van der Waals surface area contributed by atoms with E-state index in [1.54, 1.807) is 12.5 Å². The minimum atomic E-state index is -0.444. The third-order valence-corrected chi connectivity index (χ3v) is 2.92. The fourth-order valence-corrected chi connectivity index (χ4v) is 1.49. The number of nitrogens with two attached hydrogens (primary N) is 1. The Balaban J connectivity index is 2.94. The fraction of sp³-hybridized carbons (Fsp3) is 0.545. The third kappa shape index (κ3) is 2.39. The number of hydrogen-bond donors (Lipinski definition) is 1. The Kier molecular flexibility index (Phi) is 3.52. The van der Waals surface area contributed by atoms with Crippen molar-refractivity contribution in [2.75, 3.05) is 7.11 Å². The summed E-state index contributed by atoms with van der Waals surface area (Å²) in [4.78, 5) is 11.3. The molecular weight excluding hydrogens is 194 g/mol. The maximum absolute atomic E-state index is 11.3. The molecule has 0 radical (unpaired) electrons. The molecule has 2 unspecified atom stereocenters. The predicted molar refractivity (Wildman–Crippen MR) is 56.3 cm³/mol. The van der Waals surface area contributed by atoms with Crippen LogP contribution >= 0.6 is 0 Å². The normalized spacial score (nSPS) is 16.8. The summed E-state index contributed by atoms with van der Waals surface area (Å²) in [7, 11) is 1.37. The standard InChI is InChI=1S/C11H17NO3/c1-8(12)11(2,6-10(13)14-3)9-4-5-15-7-9/h4-5,7-8H,6,12H2,1-3H3. The van der Waals surface area contributed by atoms with Crippen molar-refractivity contribution < 1.29 is 13.9 Å². The van der Waals surface area contributed by atoms with Crippen LogP contribution in [0.1, 0.15) is 25.8 Å². The molecule has 0 spiro atoms. The van der Waals surface area contributed by atoms with Crippen molar-refractivity contribution in [3.63, 3.8) is 0 Å². The van der Waals surface area contributed by atoms with E-state index in [0.29, 0.717) is 0 Å². The number of esters is 1. The molecule has 84 valence electrons. The van der Waals surface area contributed by atoms with Gasteiger partial charge in [-0.1, -0.05) is 6.92 Å². The van der Waals surface area contributed by atoms with Gasteiger partial charge >= 0.3 is 5.97 Å². The molecule has 0 saturated carbocycles. The molecule has 0 fully saturated rings. The van der Waals surface area contributed by atoms with E-state index >= 15 is 0 Å². The molecule has 0 aromatic carbocycles. The molecule has 2 N–H and O–H groups in total. The Morgan fingerprint density at radius 2 is 2.40 bits per heavy atom. The second kappa shape index (κ2) is 4.49. The second-order valence-electron chi connectivity index (χ2n) is 3.97. The molecule has 4 heteroatoms. The monoisotopic (exact) mass is 211 g/mol. The first-order valence-corrected chi connectivity index (χ1v) is 4.86. The van der Waals surface area contributed by atoms with Crippen molar-refractivity contribution in [3.05, 3.63) is 24.2 Å². The Morgan fingerprint density at radius 1 is 1.73 bits per heavy atom. The van der Waals surface area contributed by atoms with Gasteiger partial charge < -0.3 is 14.9 Å². The first kappa shape index (κ1) is 11.8. The smallest absolute Gasteiger partial charge is 0.306 e. The highest BCUT2D eigenvalue weighted by Gasteiger charge is 2.34. The molecule has 1 aromatic heterocycles. The lowest BCUT2D eigenvalue weighted by Gasteiger charge is -2.31. The number of hydrogen-bond acceptors (Lipinski definition) is 4. The molecule has 15 heavy (non-hydrogen) atoms. The van der Waals surface area contributed by atoms with Gasteiger partial charge in [-0.25, -0.2) is 0 Å². The van der Waals surface area contributed by atoms with E-state index in [1.807, 2.05) is 19.9 Å². The summed E-state index contributed by atoms with van der Waals surface area (Å²) in [6, 6.07) is 1.67. The van der Waals surface area contributed by atoms with Gasteiger partial charge in [-0.15, -0.1) is 0 Å². The molecule has 0 aliphatic rings. The fourth-order valence-electron chi connectivity index (χ4n) is 1.49. The molecule has 0 aliphatic heterocycles. The van der Waals surface area contributed by atoms with E-state index in [1.165, 1.54) is 7.11 Å². The average Bonchev–Trinajstić information content (AvgIpc) is 2.70. The Hall–Kier alpha value is -1.29. The summed E-state index contributed by atoms with van der Waals surface area (Å²) < 4.78 is 9.69. The molecule has 4 nitrogen and oxygen atoms in total. The molecule has 0 amide bonds. The van der Waals surface area contributed by atoms with Gasteiger partial charge in [-0.3, -0.25) is 4.79 Å². The number of carbonyl (C=O) groups is 1. The van der Waals surface area contributed by atoms with Crippen molar-refractivity contribution in [1.29, 1.82) is 0 Å². The lowest BCUT2D eigenvalue weighted by atomic mass is 9.75. The van der Waals surface area contributed by atoms with Gasteiger partial charge in [0.25, 0.3) is 0 Å². The minimum Gasteiger partial charge on any atom is -0.472 e. The van der Waals surface area contributed by atoms with Gasteiger partial charge in [0.1, 0.15) is 0 Å². The summed E-state index contributed by atoms with van der Waals surface area (Å²) in [6.45, 7) is 3.80. The van der Waals surface area contributed by atoms with Crippen LogP contribution in [0, 0.1) is 0 Å². The molecule has 1 aromatic rings. The van der Waals surface area contributed by atoms with Gasteiger partial charge in [0.2, 0.25) is 0 Å². The van der Waals surface area contributed by atoms with Crippen LogP contribution in [0.2, 0.25) is 0 Å². The van der Waals surface area contributed by atoms with Crippen LogP contribution in [0.15, 0.2) is 23.0 Å². The first-order chi connectivity index (χ1) is 7.00. The van der Waals surface area contributed by atoms with Crippen LogP contribution in [0.3, 0.4) is 0 Å². The molecular formula is C11H17NO3. The number of furan rings is 1. The van der Waals surface area contributed by atoms with E-state index in [-0.39, 0.29) is 18.4 Å². The maximum Gasteiger partial charge on any atom is 0.306 e. The van der Waals surface area contributed by atoms with E-state index in [2.05, 4.69) is 4.74 Å². The number of methoxy groups -OCH3 is 1. The molecule has 1 rings (SSSR count). The minimum absolute atomic E-state index is 0.158. The molecule has 0 bridgehead atoms. The summed E-state index contributed by atoms with van der Waals surface area (Å²) >= 11 is 0. The Morgan fingerprint density at radius 3 is 2.80 bits per heavy atom. The van der Waals surface area contributed by atoms with Crippen LogP contribution in [-0.4, -0.2) is 19.1 Å². The zero-order valence-corrected chi connectivity index (χ0v) is 9.32. The first-order valence-electron chi connectivity index (χ1n) is 4.86. The Labute approximate surface area is 89.4 Å². The van der Waals surface area contributed by atoms with Gasteiger partial charge in [0, 0.05) is 11.5 Å². The number of ether oxygens (including phenoxy) is 1. The lowest BCUT2D eigenvalue weighted by molar-refractivity contribution is -0.142. The quantitative estimate of drug-likeness (QED) is 0.765. The van der Waals surface area contributed by atoms with E-state index in [9.17, 15) is 4.79 Å². The lowest BCUT2D eigenvalue weighted by Crippen LogP contribution is -2.42. The summed E-state index contributed by atoms with van der Waals surface area (Å²) in [5.74, 6) is -0.268. The molecule has 1 heterocycles. The van der Waals surface area contributed by atoms with Crippen molar-refractivity contribution in [2.24, 2.45) is 5.73 Å². The van der Waals surface area contributed by atoms with E-state index in [0.717, 1.165) is 5.56 Å². The van der Waals surface area contributed by atoms with Gasteiger partial charge in [-0.2, -0.15) is 0 Å². The highest BCUT2D eigenvalue weighted by atomic mass is 16.5. The summed E-state index contributed by atoms with van der Waals surface area (Å²) in [5, 5.41) is 0. The average molecular weight is 211 g/mol. The van der Waals surface area contributed by atoms with Crippen molar-refractivity contribution in [2.45, 2.75) is 31.7 Å². The number of rotatable bonds is 4. The summed E-state index contributed by atoms with van der Waals surface area (Å²) in [5.41, 5.74) is 6.39. The topological polar surface area (TPSA) is 65.5 Å². The zero-order chi connectivity index (χ0) is 11.5. The van der Waals surface area contributed by atoms with Crippen molar-refractivity contribution in [3.8, 4) is 0 Å². The van der Waals surface area contributed by atoms with E-state index < -0.39 is 5.41 Å². The zero-order valence-electron chi connectivity index (χ0n) is 9.32. The maximum atomic E-state index is 11.3. The van der Waals surface area contributed by atoms with Crippen LogP contribution in [0.4, 0.5) is 0 Å².